The maximum Gasteiger partial charge on any atom is 0.136 e. The SMILES string of the molecule is CCCC(O)CNc1cc(NCC)nc(C2CC2)n1. The highest BCUT2D eigenvalue weighted by Gasteiger charge is 2.27. The molecule has 1 aliphatic rings. The van der Waals surface area contributed by atoms with E-state index >= 15 is 0 Å². The van der Waals surface area contributed by atoms with Crippen molar-refractivity contribution in [1.82, 2.24) is 9.97 Å². The van der Waals surface area contributed by atoms with E-state index in [4.69, 9.17) is 0 Å². The van der Waals surface area contributed by atoms with Crippen LogP contribution in [-0.2, 0) is 0 Å². The summed E-state index contributed by atoms with van der Waals surface area (Å²) >= 11 is 0. The Morgan fingerprint density at radius 2 is 1.95 bits per heavy atom. The highest BCUT2D eigenvalue weighted by atomic mass is 16.3. The maximum absolute atomic E-state index is 9.75. The van der Waals surface area contributed by atoms with Crippen molar-refractivity contribution in [1.29, 1.82) is 0 Å². The van der Waals surface area contributed by atoms with Crippen LogP contribution in [0.2, 0.25) is 0 Å². The fraction of sp³-hybridized carbons (Fsp3) is 0.714. The molecule has 2 rings (SSSR count). The van der Waals surface area contributed by atoms with Crippen molar-refractivity contribution in [2.45, 2.75) is 51.6 Å². The lowest BCUT2D eigenvalue weighted by Crippen LogP contribution is -2.20. The number of rotatable bonds is 8. The van der Waals surface area contributed by atoms with E-state index in [9.17, 15) is 5.11 Å². The zero-order valence-corrected chi connectivity index (χ0v) is 11.8. The average Bonchev–Trinajstić information content (AvgIpc) is 3.21. The van der Waals surface area contributed by atoms with E-state index in [1.807, 2.05) is 6.07 Å². The van der Waals surface area contributed by atoms with Crippen LogP contribution < -0.4 is 10.6 Å². The first kappa shape index (κ1) is 14.1. The second kappa shape index (κ2) is 6.70. The number of hydrogen-bond donors (Lipinski definition) is 3. The predicted molar refractivity (Wildman–Crippen MR) is 77.6 cm³/mol. The minimum absolute atomic E-state index is 0.313. The molecule has 3 N–H and O–H groups in total. The van der Waals surface area contributed by atoms with Gasteiger partial charge in [0.05, 0.1) is 6.10 Å². The van der Waals surface area contributed by atoms with Gasteiger partial charge < -0.3 is 15.7 Å². The van der Waals surface area contributed by atoms with Crippen LogP contribution in [-0.4, -0.2) is 34.3 Å². The van der Waals surface area contributed by atoms with Crippen molar-refractivity contribution in [3.63, 3.8) is 0 Å². The molecule has 1 atom stereocenters. The summed E-state index contributed by atoms with van der Waals surface area (Å²) in [5.74, 6) is 3.13. The van der Waals surface area contributed by atoms with E-state index in [-0.39, 0.29) is 6.10 Å². The van der Waals surface area contributed by atoms with Gasteiger partial charge in [-0.25, -0.2) is 9.97 Å². The molecule has 1 fully saturated rings. The monoisotopic (exact) mass is 264 g/mol. The minimum Gasteiger partial charge on any atom is -0.391 e. The van der Waals surface area contributed by atoms with Crippen molar-refractivity contribution >= 4 is 11.6 Å². The quantitative estimate of drug-likeness (QED) is 0.672. The molecule has 0 amide bonds. The van der Waals surface area contributed by atoms with Crippen molar-refractivity contribution in [3.8, 4) is 0 Å². The maximum atomic E-state index is 9.75. The molecule has 1 aromatic heterocycles. The lowest BCUT2D eigenvalue weighted by atomic mass is 10.2. The van der Waals surface area contributed by atoms with Gasteiger partial charge in [0, 0.05) is 25.1 Å². The summed E-state index contributed by atoms with van der Waals surface area (Å²) in [4.78, 5) is 9.06. The molecule has 0 saturated heterocycles. The first-order valence-electron chi connectivity index (χ1n) is 7.27. The lowest BCUT2D eigenvalue weighted by molar-refractivity contribution is 0.176. The van der Waals surface area contributed by atoms with E-state index in [0.29, 0.717) is 12.5 Å². The topological polar surface area (TPSA) is 70.1 Å². The predicted octanol–water partition coefficient (Wildman–Crippen LogP) is 2.36. The fourth-order valence-electron chi connectivity index (χ4n) is 2.01. The number of aliphatic hydroxyl groups is 1. The molecule has 1 unspecified atom stereocenters. The van der Waals surface area contributed by atoms with Crippen LogP contribution in [0.1, 0.15) is 51.3 Å². The molecule has 1 aromatic rings. The Morgan fingerprint density at radius 1 is 1.26 bits per heavy atom. The van der Waals surface area contributed by atoms with Gasteiger partial charge in [-0.3, -0.25) is 0 Å². The molecule has 0 radical (unpaired) electrons. The van der Waals surface area contributed by atoms with Gasteiger partial charge in [-0.15, -0.1) is 0 Å². The van der Waals surface area contributed by atoms with Crippen LogP contribution in [0.25, 0.3) is 0 Å². The molecule has 106 valence electrons. The number of nitrogens with zero attached hydrogens (tertiary/aromatic N) is 2. The Hall–Kier alpha value is -1.36. The van der Waals surface area contributed by atoms with E-state index < -0.39 is 0 Å². The van der Waals surface area contributed by atoms with Crippen molar-refractivity contribution in [2.75, 3.05) is 23.7 Å². The number of aliphatic hydroxyl groups excluding tert-OH is 1. The lowest BCUT2D eigenvalue weighted by Gasteiger charge is -2.13. The highest BCUT2D eigenvalue weighted by molar-refractivity contribution is 5.48. The van der Waals surface area contributed by atoms with E-state index in [1.54, 1.807) is 0 Å². The first-order chi connectivity index (χ1) is 9.22. The summed E-state index contributed by atoms with van der Waals surface area (Å²) in [7, 11) is 0. The highest BCUT2D eigenvalue weighted by Crippen LogP contribution is 2.38. The Morgan fingerprint density at radius 3 is 2.53 bits per heavy atom. The number of nitrogens with one attached hydrogen (secondary N) is 2. The van der Waals surface area contributed by atoms with Crippen LogP contribution in [0.3, 0.4) is 0 Å². The Kier molecular flexibility index (Phi) is 4.96. The van der Waals surface area contributed by atoms with Gasteiger partial charge in [0.2, 0.25) is 0 Å². The fourth-order valence-corrected chi connectivity index (χ4v) is 2.01. The molecular weight excluding hydrogens is 240 g/mol. The van der Waals surface area contributed by atoms with Gasteiger partial charge in [0.1, 0.15) is 17.5 Å². The van der Waals surface area contributed by atoms with Crippen LogP contribution >= 0.6 is 0 Å². The molecule has 1 heterocycles. The van der Waals surface area contributed by atoms with Gasteiger partial charge in [-0.05, 0) is 26.2 Å². The zero-order valence-electron chi connectivity index (χ0n) is 11.8. The van der Waals surface area contributed by atoms with Crippen molar-refractivity contribution in [2.24, 2.45) is 0 Å². The largest absolute Gasteiger partial charge is 0.391 e. The smallest absolute Gasteiger partial charge is 0.136 e. The molecule has 0 aromatic carbocycles. The summed E-state index contributed by atoms with van der Waals surface area (Å²) in [6.07, 6.45) is 3.86. The third-order valence-electron chi connectivity index (χ3n) is 3.18. The summed E-state index contributed by atoms with van der Waals surface area (Å²) in [5.41, 5.74) is 0. The van der Waals surface area contributed by atoms with Crippen LogP contribution in [0.15, 0.2) is 6.07 Å². The van der Waals surface area contributed by atoms with Crippen LogP contribution in [0, 0.1) is 0 Å². The number of hydrogen-bond acceptors (Lipinski definition) is 5. The summed E-state index contributed by atoms with van der Waals surface area (Å²) < 4.78 is 0. The molecule has 1 saturated carbocycles. The zero-order chi connectivity index (χ0) is 13.7. The second-order valence-electron chi connectivity index (χ2n) is 5.12. The van der Waals surface area contributed by atoms with Gasteiger partial charge in [0.15, 0.2) is 0 Å². The van der Waals surface area contributed by atoms with E-state index in [0.717, 1.165) is 36.8 Å². The number of aromatic nitrogens is 2. The van der Waals surface area contributed by atoms with Crippen molar-refractivity contribution in [3.05, 3.63) is 11.9 Å². The normalized spacial score (nSPS) is 16.2. The van der Waals surface area contributed by atoms with Gasteiger partial charge in [-0.1, -0.05) is 13.3 Å². The Bertz CT molecular complexity index is 406. The summed E-state index contributed by atoms with van der Waals surface area (Å²) in [6, 6.07) is 1.91. The second-order valence-corrected chi connectivity index (χ2v) is 5.12. The Balaban J connectivity index is 2.01. The van der Waals surface area contributed by atoms with Crippen LogP contribution in [0.4, 0.5) is 11.6 Å². The molecule has 1 aliphatic carbocycles. The molecule has 0 aliphatic heterocycles. The molecule has 0 spiro atoms. The summed E-state index contributed by atoms with van der Waals surface area (Å²) in [6.45, 7) is 5.51. The molecule has 19 heavy (non-hydrogen) atoms. The Labute approximate surface area is 114 Å². The van der Waals surface area contributed by atoms with Crippen molar-refractivity contribution < 1.29 is 5.11 Å². The summed E-state index contributed by atoms with van der Waals surface area (Å²) in [5, 5.41) is 16.2. The standard InChI is InChI=1S/C14H24N4O/c1-3-5-11(19)9-16-13-8-12(15-4-2)17-14(18-13)10-6-7-10/h8,10-11,19H,3-7,9H2,1-2H3,(H2,15,16,17,18). The van der Waals surface area contributed by atoms with E-state index in [2.05, 4.69) is 34.4 Å². The third kappa shape index (κ3) is 4.35. The first-order valence-corrected chi connectivity index (χ1v) is 7.27. The molecule has 0 bridgehead atoms. The minimum atomic E-state index is -0.313. The van der Waals surface area contributed by atoms with Crippen LogP contribution in [0.5, 0.6) is 0 Å². The molecular formula is C14H24N4O. The third-order valence-corrected chi connectivity index (χ3v) is 3.18. The van der Waals surface area contributed by atoms with Gasteiger partial charge in [0.25, 0.3) is 0 Å². The van der Waals surface area contributed by atoms with E-state index in [1.165, 1.54) is 12.8 Å². The number of anilines is 2. The molecule has 5 nitrogen and oxygen atoms in total. The average molecular weight is 264 g/mol. The molecule has 5 heteroatoms. The van der Waals surface area contributed by atoms with Gasteiger partial charge in [-0.2, -0.15) is 0 Å². The van der Waals surface area contributed by atoms with Gasteiger partial charge >= 0.3 is 0 Å².